The number of hydrogen-bond acceptors (Lipinski definition) is 5. The molecule has 0 aliphatic carbocycles. The van der Waals surface area contributed by atoms with Crippen LogP contribution in [0, 0.1) is 0 Å². The minimum absolute atomic E-state index is 0.243. The third kappa shape index (κ3) is 2.74. The highest BCUT2D eigenvalue weighted by molar-refractivity contribution is 5.28. The predicted octanol–water partition coefficient (Wildman–Crippen LogP) is 1.26. The van der Waals surface area contributed by atoms with Crippen LogP contribution in [0.2, 0.25) is 0 Å². The molecule has 0 bridgehead atoms. The quantitative estimate of drug-likeness (QED) is 0.874. The molecule has 1 unspecified atom stereocenters. The summed E-state index contributed by atoms with van der Waals surface area (Å²) in [6.45, 7) is -0.551. The van der Waals surface area contributed by atoms with Crippen LogP contribution in [0.25, 0.3) is 0 Å². The zero-order chi connectivity index (χ0) is 14.1. The molecule has 0 amide bonds. The van der Waals surface area contributed by atoms with Gasteiger partial charge in [-0.3, -0.25) is 0 Å². The van der Waals surface area contributed by atoms with Crippen molar-refractivity contribution in [3.05, 3.63) is 29.8 Å². The molecule has 2 fully saturated rings. The van der Waals surface area contributed by atoms with Crippen LogP contribution in [0.3, 0.4) is 0 Å². The molecule has 19 heavy (non-hydrogen) atoms. The van der Waals surface area contributed by atoms with Crippen LogP contribution in [-0.4, -0.2) is 43.7 Å². The molecular formula is C14H18O5. The van der Waals surface area contributed by atoms with E-state index >= 15 is 0 Å². The van der Waals surface area contributed by atoms with Gasteiger partial charge in [0.1, 0.15) is 11.9 Å². The number of aliphatic hydroxyl groups excluding tert-OH is 1. The lowest BCUT2D eigenvalue weighted by atomic mass is 10.0. The number of ether oxygens (including phenoxy) is 4. The minimum Gasteiger partial charge on any atom is -0.497 e. The smallest absolute Gasteiger partial charge is 0.184 e. The predicted molar refractivity (Wildman–Crippen MR) is 66.9 cm³/mol. The maximum Gasteiger partial charge on any atom is 0.184 e. The van der Waals surface area contributed by atoms with Gasteiger partial charge >= 0.3 is 0 Å². The second-order valence-corrected chi connectivity index (χ2v) is 4.73. The van der Waals surface area contributed by atoms with Gasteiger partial charge in [0.2, 0.25) is 0 Å². The van der Waals surface area contributed by atoms with Gasteiger partial charge in [-0.15, -0.1) is 0 Å². The summed E-state index contributed by atoms with van der Waals surface area (Å²) in [5.74, 6) is 0.774. The lowest BCUT2D eigenvalue weighted by Crippen LogP contribution is -2.49. The maximum absolute atomic E-state index is 9.69. The van der Waals surface area contributed by atoms with Crippen LogP contribution in [0.1, 0.15) is 19.6 Å². The summed E-state index contributed by atoms with van der Waals surface area (Å²) in [6.07, 6.45) is -1.41. The molecular weight excluding hydrogens is 248 g/mol. The Morgan fingerprint density at radius 1 is 1.26 bits per heavy atom. The third-order valence-corrected chi connectivity index (χ3v) is 3.40. The molecule has 2 saturated heterocycles. The summed E-state index contributed by atoms with van der Waals surface area (Å²) >= 11 is 0. The van der Waals surface area contributed by atoms with E-state index in [9.17, 15) is 5.11 Å². The first-order valence-corrected chi connectivity index (χ1v) is 6.34. The largest absolute Gasteiger partial charge is 0.497 e. The molecule has 2 heterocycles. The SMILES string of the molecule is [2H][C@H]1O[C@@H]2COC(c3ccc(OC)cc3)O[C@H]2C[C@@H]1O. The average Bonchev–Trinajstić information content (AvgIpc) is 2.48. The van der Waals surface area contributed by atoms with E-state index in [1.165, 1.54) is 0 Å². The van der Waals surface area contributed by atoms with Crippen molar-refractivity contribution in [1.82, 2.24) is 0 Å². The molecule has 1 N–H and O–H groups in total. The van der Waals surface area contributed by atoms with Gasteiger partial charge in [0, 0.05) is 12.0 Å². The molecule has 1 aromatic rings. The number of rotatable bonds is 2. The van der Waals surface area contributed by atoms with E-state index in [0.29, 0.717) is 13.0 Å². The number of fused-ring (bicyclic) bond motifs is 1. The lowest BCUT2D eigenvalue weighted by Gasteiger charge is -2.40. The summed E-state index contributed by atoms with van der Waals surface area (Å²) in [5.41, 5.74) is 0.895. The molecule has 104 valence electrons. The molecule has 0 saturated carbocycles. The zero-order valence-corrected chi connectivity index (χ0v) is 10.7. The van der Waals surface area contributed by atoms with Crippen LogP contribution in [-0.2, 0) is 14.2 Å². The fourth-order valence-corrected chi connectivity index (χ4v) is 2.33. The van der Waals surface area contributed by atoms with Crippen molar-refractivity contribution in [1.29, 1.82) is 0 Å². The average molecular weight is 267 g/mol. The highest BCUT2D eigenvalue weighted by atomic mass is 16.7. The second-order valence-electron chi connectivity index (χ2n) is 4.73. The fourth-order valence-electron chi connectivity index (χ4n) is 2.33. The number of benzene rings is 1. The van der Waals surface area contributed by atoms with Gasteiger partial charge < -0.3 is 24.1 Å². The van der Waals surface area contributed by atoms with Crippen molar-refractivity contribution < 1.29 is 25.4 Å². The number of methoxy groups -OCH3 is 1. The van der Waals surface area contributed by atoms with Gasteiger partial charge in [-0.2, -0.15) is 0 Å². The van der Waals surface area contributed by atoms with Crippen molar-refractivity contribution in [2.45, 2.75) is 31.0 Å². The Kier molecular flexibility index (Phi) is 3.36. The first kappa shape index (κ1) is 11.7. The van der Waals surface area contributed by atoms with E-state index in [0.717, 1.165) is 11.3 Å². The lowest BCUT2D eigenvalue weighted by molar-refractivity contribution is -0.288. The van der Waals surface area contributed by atoms with E-state index in [2.05, 4.69) is 0 Å². The van der Waals surface area contributed by atoms with Crippen LogP contribution in [0.15, 0.2) is 24.3 Å². The molecule has 3 rings (SSSR count). The van der Waals surface area contributed by atoms with Crippen molar-refractivity contribution in [2.75, 3.05) is 20.3 Å². The first-order valence-electron chi connectivity index (χ1n) is 6.92. The third-order valence-electron chi connectivity index (χ3n) is 3.40. The standard InChI is InChI=1S/C14H18O5/c1-16-11-4-2-9(3-5-11)14-18-8-13-12(19-14)6-10(15)7-17-13/h2-5,10,12-15H,6-8H2,1H3/t10-,12-,13+,14?/m0/s1/i7D/t7-,10+,12+,13-,14?/m1. The molecule has 5 nitrogen and oxygen atoms in total. The van der Waals surface area contributed by atoms with Crippen molar-refractivity contribution in [3.8, 4) is 5.75 Å². The zero-order valence-electron chi connectivity index (χ0n) is 11.7. The van der Waals surface area contributed by atoms with E-state index < -0.39 is 19.0 Å². The molecule has 1 aromatic carbocycles. The first-order chi connectivity index (χ1) is 9.67. The second kappa shape index (κ2) is 5.46. The highest BCUT2D eigenvalue weighted by Crippen LogP contribution is 2.32. The molecule has 5 heteroatoms. The van der Waals surface area contributed by atoms with Crippen LogP contribution in [0.5, 0.6) is 5.75 Å². The normalized spacial score (nSPS) is 39.3. The topological polar surface area (TPSA) is 57.2 Å². The van der Waals surface area contributed by atoms with Crippen molar-refractivity contribution in [3.63, 3.8) is 0 Å². The summed E-state index contributed by atoms with van der Waals surface area (Å²) in [6, 6.07) is 7.47. The van der Waals surface area contributed by atoms with Gasteiger partial charge in [-0.05, 0) is 12.1 Å². The highest BCUT2D eigenvalue weighted by Gasteiger charge is 2.38. The van der Waals surface area contributed by atoms with Gasteiger partial charge in [-0.25, -0.2) is 0 Å². The Morgan fingerprint density at radius 3 is 2.79 bits per heavy atom. The van der Waals surface area contributed by atoms with E-state index in [4.69, 9.17) is 20.3 Å². The number of hydrogen-bond donors (Lipinski definition) is 1. The molecule has 2 aliphatic rings. The molecule has 0 radical (unpaired) electrons. The van der Waals surface area contributed by atoms with Crippen LogP contribution >= 0.6 is 0 Å². The molecule has 0 spiro atoms. The van der Waals surface area contributed by atoms with Gasteiger partial charge in [0.15, 0.2) is 6.29 Å². The Labute approximate surface area is 113 Å². The Balaban J connectivity index is 1.68. The van der Waals surface area contributed by atoms with E-state index in [1.54, 1.807) is 7.11 Å². The van der Waals surface area contributed by atoms with Gasteiger partial charge in [0.05, 0.1) is 33.9 Å². The van der Waals surface area contributed by atoms with Crippen LogP contribution in [0.4, 0.5) is 0 Å². The van der Waals surface area contributed by atoms with Crippen molar-refractivity contribution >= 4 is 0 Å². The Hall–Kier alpha value is -1.14. The molecule has 2 aliphatic heterocycles. The van der Waals surface area contributed by atoms with E-state index in [1.807, 2.05) is 24.3 Å². The molecule has 5 atom stereocenters. The van der Waals surface area contributed by atoms with Crippen LogP contribution < -0.4 is 4.74 Å². The Bertz CT molecular complexity index is 451. The van der Waals surface area contributed by atoms with Gasteiger partial charge in [-0.1, -0.05) is 12.1 Å². The summed E-state index contributed by atoms with van der Waals surface area (Å²) in [5, 5.41) is 9.69. The van der Waals surface area contributed by atoms with Crippen molar-refractivity contribution in [2.24, 2.45) is 0 Å². The van der Waals surface area contributed by atoms with E-state index in [-0.39, 0.29) is 12.2 Å². The fraction of sp³-hybridized carbons (Fsp3) is 0.571. The maximum atomic E-state index is 9.69. The Morgan fingerprint density at radius 2 is 2.05 bits per heavy atom. The minimum atomic E-state index is -0.916. The summed E-state index contributed by atoms with van der Waals surface area (Å²) in [4.78, 5) is 0. The summed E-state index contributed by atoms with van der Waals surface area (Å²) < 4.78 is 29.5. The summed E-state index contributed by atoms with van der Waals surface area (Å²) in [7, 11) is 1.62. The monoisotopic (exact) mass is 267 g/mol. The number of aliphatic hydroxyl groups is 1. The molecule has 0 aromatic heterocycles. The van der Waals surface area contributed by atoms with Gasteiger partial charge in [0.25, 0.3) is 0 Å².